The summed E-state index contributed by atoms with van der Waals surface area (Å²) in [5, 5.41) is 33.7. The highest BCUT2D eigenvalue weighted by atomic mass is 16.3. The topological polar surface area (TPSA) is 89.8 Å². The van der Waals surface area contributed by atoms with Crippen molar-refractivity contribution in [2.45, 2.75) is 424 Å². The zero-order chi connectivity index (χ0) is 54.3. The molecule has 1 amide bonds. The van der Waals surface area contributed by atoms with E-state index in [4.69, 9.17) is 0 Å². The number of allylic oxidation sites excluding steroid dienone is 2. The summed E-state index contributed by atoms with van der Waals surface area (Å²) in [6.07, 6.45) is 84.7. The smallest absolute Gasteiger partial charge is 0.249 e. The third kappa shape index (κ3) is 60.6. The highest BCUT2D eigenvalue weighted by Gasteiger charge is 2.23. The number of carbonyl (C=O) groups is 1. The van der Waals surface area contributed by atoms with Crippen molar-refractivity contribution < 1.29 is 20.1 Å². The molecule has 75 heavy (non-hydrogen) atoms. The second-order valence-electron chi connectivity index (χ2n) is 24.5. The Morgan fingerprint density at radius 3 is 0.733 bits per heavy atom. The van der Waals surface area contributed by atoms with E-state index in [9.17, 15) is 20.1 Å². The molecule has 4 N–H and O–H groups in total. The lowest BCUT2D eigenvalue weighted by Gasteiger charge is -2.23. The number of aliphatic hydroxyl groups is 3. The van der Waals surface area contributed by atoms with Crippen LogP contribution in [0.2, 0.25) is 0 Å². The number of hydrogen-bond donors (Lipinski definition) is 4. The van der Waals surface area contributed by atoms with E-state index >= 15 is 0 Å². The van der Waals surface area contributed by atoms with Gasteiger partial charge in [-0.2, -0.15) is 0 Å². The van der Waals surface area contributed by atoms with Crippen molar-refractivity contribution in [3.63, 3.8) is 0 Å². The molecule has 0 aliphatic carbocycles. The number of amides is 1. The average Bonchev–Trinajstić information content (AvgIpc) is 3.41. The van der Waals surface area contributed by atoms with Gasteiger partial charge in [-0.05, 0) is 38.5 Å². The summed E-state index contributed by atoms with van der Waals surface area (Å²) < 4.78 is 0. The molecule has 0 aliphatic rings. The van der Waals surface area contributed by atoms with Gasteiger partial charge in [0.05, 0.1) is 18.8 Å². The molecule has 448 valence electrons. The molecule has 0 saturated heterocycles. The molecule has 0 saturated carbocycles. The first-order chi connectivity index (χ1) is 37.1. The Kier molecular flexibility index (Phi) is 64.8. The van der Waals surface area contributed by atoms with Crippen molar-refractivity contribution in [2.75, 3.05) is 6.61 Å². The van der Waals surface area contributed by atoms with Gasteiger partial charge in [0.1, 0.15) is 6.10 Å². The van der Waals surface area contributed by atoms with Gasteiger partial charge < -0.3 is 20.6 Å². The van der Waals surface area contributed by atoms with E-state index in [1.165, 1.54) is 347 Å². The van der Waals surface area contributed by atoms with Gasteiger partial charge in [0.25, 0.3) is 0 Å². The fraction of sp³-hybridized carbons (Fsp3) is 0.957. The third-order valence-corrected chi connectivity index (χ3v) is 16.9. The summed E-state index contributed by atoms with van der Waals surface area (Å²) in [6, 6.07) is -0.711. The summed E-state index contributed by atoms with van der Waals surface area (Å²) in [6.45, 7) is 4.29. The second-order valence-corrected chi connectivity index (χ2v) is 24.5. The van der Waals surface area contributed by atoms with E-state index in [2.05, 4.69) is 31.3 Å². The van der Waals surface area contributed by atoms with Gasteiger partial charge >= 0.3 is 0 Å². The van der Waals surface area contributed by atoms with Gasteiger partial charge in [-0.1, -0.05) is 379 Å². The average molecular weight is 1060 g/mol. The number of rotatable bonds is 66. The molecule has 0 aromatic heterocycles. The molecule has 0 aromatic carbocycles. The molecule has 3 atom stereocenters. The van der Waals surface area contributed by atoms with Crippen LogP contribution in [-0.4, -0.2) is 46.1 Å². The Labute approximate surface area is 471 Å². The first-order valence-corrected chi connectivity index (χ1v) is 35.0. The molecule has 0 bridgehead atoms. The number of carbonyl (C=O) groups excluding carboxylic acids is 1. The molecular formula is C70H139NO4. The Morgan fingerprint density at radius 2 is 0.507 bits per heavy atom. The van der Waals surface area contributed by atoms with Gasteiger partial charge in [0.15, 0.2) is 0 Å². The molecule has 0 radical (unpaired) electrons. The van der Waals surface area contributed by atoms with E-state index in [1.807, 2.05) is 0 Å². The maximum Gasteiger partial charge on any atom is 0.249 e. The molecular weight excluding hydrogens is 919 g/mol. The van der Waals surface area contributed by atoms with Crippen molar-refractivity contribution in [1.29, 1.82) is 0 Å². The highest BCUT2D eigenvalue weighted by Crippen LogP contribution is 2.20. The van der Waals surface area contributed by atoms with Crippen molar-refractivity contribution in [2.24, 2.45) is 0 Å². The molecule has 0 fully saturated rings. The zero-order valence-electron chi connectivity index (χ0n) is 51.5. The van der Waals surface area contributed by atoms with Crippen LogP contribution in [-0.2, 0) is 4.79 Å². The Morgan fingerprint density at radius 1 is 0.307 bits per heavy atom. The minimum absolute atomic E-state index is 0.308. The third-order valence-electron chi connectivity index (χ3n) is 16.9. The molecule has 0 aromatic rings. The lowest BCUT2D eigenvalue weighted by molar-refractivity contribution is -0.131. The quantitative estimate of drug-likeness (QED) is 0.0361. The van der Waals surface area contributed by atoms with Gasteiger partial charge in [-0.25, -0.2) is 0 Å². The molecule has 0 heterocycles. The van der Waals surface area contributed by atoms with E-state index < -0.39 is 24.2 Å². The van der Waals surface area contributed by atoms with Gasteiger partial charge in [0, 0.05) is 0 Å². The SMILES string of the molecule is CCCCCCCCCCCCCCCCCCCC/C=C\CCCCCCCCCCCCCCCCCCC(O)C(=O)NC(CO)C(O)CCCCCCCCCCCCCCCCCCCCCCCCC. The van der Waals surface area contributed by atoms with Crippen LogP contribution in [0.1, 0.15) is 406 Å². The molecule has 0 aliphatic heterocycles. The maximum atomic E-state index is 12.6. The first kappa shape index (κ1) is 74.1. The summed E-state index contributed by atoms with van der Waals surface area (Å²) >= 11 is 0. The van der Waals surface area contributed by atoms with Crippen molar-refractivity contribution in [3.8, 4) is 0 Å². The predicted molar refractivity (Wildman–Crippen MR) is 333 cm³/mol. The van der Waals surface area contributed by atoms with Crippen LogP contribution in [0.15, 0.2) is 12.2 Å². The van der Waals surface area contributed by atoms with Gasteiger partial charge in [-0.15, -0.1) is 0 Å². The van der Waals surface area contributed by atoms with Crippen LogP contribution >= 0.6 is 0 Å². The van der Waals surface area contributed by atoms with Crippen molar-refractivity contribution in [3.05, 3.63) is 12.2 Å². The monoisotopic (exact) mass is 1060 g/mol. The fourth-order valence-electron chi connectivity index (χ4n) is 11.5. The molecule has 5 heteroatoms. The summed E-state index contributed by atoms with van der Waals surface area (Å²) in [5.74, 6) is -0.461. The molecule has 0 rings (SSSR count). The number of hydrogen-bond acceptors (Lipinski definition) is 4. The lowest BCUT2D eigenvalue weighted by atomic mass is 10.0. The first-order valence-electron chi connectivity index (χ1n) is 35.0. The lowest BCUT2D eigenvalue weighted by Crippen LogP contribution is -2.49. The summed E-state index contributed by atoms with van der Waals surface area (Å²) in [5.41, 5.74) is 0. The number of aliphatic hydroxyl groups excluding tert-OH is 3. The Hall–Kier alpha value is -0.910. The minimum Gasteiger partial charge on any atom is -0.394 e. The zero-order valence-corrected chi connectivity index (χ0v) is 51.5. The maximum absolute atomic E-state index is 12.6. The van der Waals surface area contributed by atoms with Gasteiger partial charge in [-0.3, -0.25) is 4.79 Å². The minimum atomic E-state index is -1.07. The van der Waals surface area contributed by atoms with Crippen LogP contribution in [0, 0.1) is 0 Å². The largest absolute Gasteiger partial charge is 0.394 e. The van der Waals surface area contributed by atoms with Crippen molar-refractivity contribution >= 4 is 5.91 Å². The number of nitrogens with one attached hydrogen (secondary N) is 1. The van der Waals surface area contributed by atoms with Crippen molar-refractivity contribution in [1.82, 2.24) is 5.32 Å². The van der Waals surface area contributed by atoms with Crippen LogP contribution < -0.4 is 5.32 Å². The predicted octanol–water partition coefficient (Wildman–Crippen LogP) is 22.6. The van der Waals surface area contributed by atoms with Crippen LogP contribution in [0.4, 0.5) is 0 Å². The van der Waals surface area contributed by atoms with E-state index in [-0.39, 0.29) is 6.61 Å². The second kappa shape index (κ2) is 65.6. The Bertz CT molecular complexity index is 1080. The van der Waals surface area contributed by atoms with Crippen LogP contribution in [0.5, 0.6) is 0 Å². The molecule has 5 nitrogen and oxygen atoms in total. The summed E-state index contributed by atoms with van der Waals surface area (Å²) in [4.78, 5) is 12.6. The van der Waals surface area contributed by atoms with E-state index in [1.54, 1.807) is 0 Å². The fourth-order valence-corrected chi connectivity index (χ4v) is 11.5. The molecule has 0 spiro atoms. The standard InChI is InChI=1S/C70H139NO4/c1-3-5-7-9-11-13-15-17-19-21-23-25-27-28-29-30-31-32-33-34-35-36-37-38-39-40-41-43-45-47-49-51-53-55-57-59-61-63-65-69(74)70(75)71-67(66-72)68(73)64-62-60-58-56-54-52-50-48-46-44-42-26-24-22-20-18-16-14-12-10-8-6-4-2/h34-35,67-69,72-74H,3-33,36-66H2,1-2H3,(H,71,75)/b35-34-. The van der Waals surface area contributed by atoms with E-state index in [0.29, 0.717) is 12.8 Å². The van der Waals surface area contributed by atoms with E-state index in [0.717, 1.165) is 32.1 Å². The normalized spacial score (nSPS) is 13.1. The summed E-state index contributed by atoms with van der Waals surface area (Å²) in [7, 11) is 0. The Balaban J connectivity index is 3.43. The van der Waals surface area contributed by atoms with Crippen LogP contribution in [0.25, 0.3) is 0 Å². The van der Waals surface area contributed by atoms with Gasteiger partial charge in [0.2, 0.25) is 5.91 Å². The van der Waals surface area contributed by atoms with Crippen LogP contribution in [0.3, 0.4) is 0 Å². The number of unbranched alkanes of at least 4 members (excludes halogenated alkanes) is 56. The highest BCUT2D eigenvalue weighted by molar-refractivity contribution is 5.80. The molecule has 3 unspecified atom stereocenters.